The van der Waals surface area contributed by atoms with Gasteiger partial charge in [0.15, 0.2) is 0 Å². The van der Waals surface area contributed by atoms with Gasteiger partial charge in [-0.05, 0) is 53.4 Å². The van der Waals surface area contributed by atoms with Gasteiger partial charge in [0.05, 0.1) is 0 Å². The third-order valence-electron chi connectivity index (χ3n) is 2.79. The van der Waals surface area contributed by atoms with E-state index in [4.69, 9.17) is 11.6 Å². The largest absolute Gasteiger partial charge is 0.352 e. The van der Waals surface area contributed by atoms with Crippen molar-refractivity contribution < 1.29 is 4.79 Å². The van der Waals surface area contributed by atoms with E-state index in [0.717, 1.165) is 12.0 Å². The monoisotopic (exact) mass is 279 g/mol. The van der Waals surface area contributed by atoms with Crippen molar-refractivity contribution in [1.29, 1.82) is 0 Å². The van der Waals surface area contributed by atoms with E-state index < -0.39 is 0 Å². The summed E-state index contributed by atoms with van der Waals surface area (Å²) in [5.74, 6) is -0.0646. The van der Waals surface area contributed by atoms with Crippen LogP contribution in [0.2, 0.25) is 5.02 Å². The van der Waals surface area contributed by atoms with Gasteiger partial charge in [-0.3, -0.25) is 4.79 Å². The Morgan fingerprint density at radius 1 is 1.39 bits per heavy atom. The standard InChI is InChI=1S/C14H14ClNOS/c1-10-12(3-2-4-13(10)15)14(17)16-7-5-11-6-8-18-9-11/h2-4,6,8-9H,5,7H2,1H3,(H,16,17). The molecule has 0 saturated carbocycles. The van der Waals surface area contributed by atoms with Crippen LogP contribution in [0.25, 0.3) is 0 Å². The summed E-state index contributed by atoms with van der Waals surface area (Å²) >= 11 is 7.66. The van der Waals surface area contributed by atoms with E-state index in [-0.39, 0.29) is 5.91 Å². The molecule has 1 aromatic heterocycles. The Balaban J connectivity index is 1.93. The van der Waals surface area contributed by atoms with Crippen molar-refractivity contribution in [3.63, 3.8) is 0 Å². The van der Waals surface area contributed by atoms with Crippen molar-refractivity contribution in [2.75, 3.05) is 6.54 Å². The van der Waals surface area contributed by atoms with Crippen molar-refractivity contribution in [3.05, 3.63) is 56.7 Å². The van der Waals surface area contributed by atoms with Gasteiger partial charge in [0.25, 0.3) is 5.91 Å². The zero-order valence-electron chi connectivity index (χ0n) is 10.1. The molecular formula is C14H14ClNOS. The van der Waals surface area contributed by atoms with Gasteiger partial charge in [-0.2, -0.15) is 11.3 Å². The van der Waals surface area contributed by atoms with Crippen LogP contribution in [-0.2, 0) is 6.42 Å². The lowest BCUT2D eigenvalue weighted by Gasteiger charge is -2.08. The highest BCUT2D eigenvalue weighted by atomic mass is 35.5. The molecule has 0 unspecified atom stereocenters. The zero-order chi connectivity index (χ0) is 13.0. The van der Waals surface area contributed by atoms with Crippen molar-refractivity contribution in [2.24, 2.45) is 0 Å². The van der Waals surface area contributed by atoms with Gasteiger partial charge < -0.3 is 5.32 Å². The van der Waals surface area contributed by atoms with E-state index in [9.17, 15) is 4.79 Å². The number of carbonyl (C=O) groups excluding carboxylic acids is 1. The summed E-state index contributed by atoms with van der Waals surface area (Å²) in [7, 11) is 0. The first-order valence-electron chi connectivity index (χ1n) is 5.73. The molecule has 0 aliphatic heterocycles. The summed E-state index contributed by atoms with van der Waals surface area (Å²) in [5.41, 5.74) is 2.73. The summed E-state index contributed by atoms with van der Waals surface area (Å²) in [6, 6.07) is 7.45. The summed E-state index contributed by atoms with van der Waals surface area (Å²) in [5, 5.41) is 7.67. The van der Waals surface area contributed by atoms with Crippen molar-refractivity contribution in [1.82, 2.24) is 5.32 Å². The molecule has 0 saturated heterocycles. The Kier molecular flexibility index (Phi) is 4.39. The van der Waals surface area contributed by atoms with Crippen LogP contribution in [-0.4, -0.2) is 12.5 Å². The van der Waals surface area contributed by atoms with Crippen LogP contribution >= 0.6 is 22.9 Å². The Hall–Kier alpha value is -1.32. The van der Waals surface area contributed by atoms with Crippen molar-refractivity contribution in [3.8, 4) is 0 Å². The maximum atomic E-state index is 12.0. The van der Waals surface area contributed by atoms with E-state index >= 15 is 0 Å². The smallest absolute Gasteiger partial charge is 0.251 e. The average Bonchev–Trinajstić information content (AvgIpc) is 2.85. The molecule has 0 spiro atoms. The molecule has 1 N–H and O–H groups in total. The Labute approximate surface area is 116 Å². The second kappa shape index (κ2) is 6.03. The molecule has 0 atom stereocenters. The van der Waals surface area contributed by atoms with Crippen molar-refractivity contribution >= 4 is 28.8 Å². The first-order valence-corrected chi connectivity index (χ1v) is 7.05. The Morgan fingerprint density at radius 2 is 2.22 bits per heavy atom. The lowest BCUT2D eigenvalue weighted by molar-refractivity contribution is 0.0953. The second-order valence-corrected chi connectivity index (χ2v) is 5.24. The summed E-state index contributed by atoms with van der Waals surface area (Å²) in [6.07, 6.45) is 0.856. The predicted octanol–water partition coefficient (Wildman–Crippen LogP) is 3.68. The molecule has 0 aliphatic carbocycles. The highest BCUT2D eigenvalue weighted by Gasteiger charge is 2.09. The van der Waals surface area contributed by atoms with Gasteiger partial charge in [-0.15, -0.1) is 0 Å². The van der Waals surface area contributed by atoms with E-state index in [1.54, 1.807) is 29.5 Å². The molecule has 2 rings (SSSR count). The second-order valence-electron chi connectivity index (χ2n) is 4.05. The molecule has 0 bridgehead atoms. The fraction of sp³-hybridized carbons (Fsp3) is 0.214. The minimum absolute atomic E-state index is 0.0646. The van der Waals surface area contributed by atoms with Crippen LogP contribution < -0.4 is 5.32 Å². The van der Waals surface area contributed by atoms with Crippen LogP contribution in [0, 0.1) is 6.92 Å². The van der Waals surface area contributed by atoms with E-state index in [2.05, 4.69) is 16.8 Å². The van der Waals surface area contributed by atoms with Gasteiger partial charge in [-0.1, -0.05) is 17.7 Å². The van der Waals surface area contributed by atoms with Gasteiger partial charge in [0.1, 0.15) is 0 Å². The van der Waals surface area contributed by atoms with Gasteiger partial charge >= 0.3 is 0 Å². The number of amides is 1. The van der Waals surface area contributed by atoms with Gasteiger partial charge in [0, 0.05) is 17.1 Å². The van der Waals surface area contributed by atoms with Crippen LogP contribution in [0.3, 0.4) is 0 Å². The van der Waals surface area contributed by atoms with Gasteiger partial charge in [0.2, 0.25) is 0 Å². The maximum Gasteiger partial charge on any atom is 0.251 e. The lowest BCUT2D eigenvalue weighted by Crippen LogP contribution is -2.26. The first-order chi connectivity index (χ1) is 8.68. The molecular weight excluding hydrogens is 266 g/mol. The molecule has 0 radical (unpaired) electrons. The van der Waals surface area contributed by atoms with Crippen LogP contribution in [0.1, 0.15) is 21.5 Å². The number of halogens is 1. The van der Waals surface area contributed by atoms with E-state index in [0.29, 0.717) is 17.1 Å². The van der Waals surface area contributed by atoms with E-state index in [1.807, 2.05) is 12.3 Å². The van der Waals surface area contributed by atoms with Crippen LogP contribution in [0.15, 0.2) is 35.0 Å². The molecule has 1 aromatic carbocycles. The normalized spacial score (nSPS) is 10.3. The number of hydrogen-bond donors (Lipinski definition) is 1. The summed E-state index contributed by atoms with van der Waals surface area (Å²) < 4.78 is 0. The third kappa shape index (κ3) is 3.12. The Bertz CT molecular complexity index is 537. The third-order valence-corrected chi connectivity index (χ3v) is 3.93. The fourth-order valence-corrected chi connectivity index (χ4v) is 2.58. The fourth-order valence-electron chi connectivity index (χ4n) is 1.70. The molecule has 18 heavy (non-hydrogen) atoms. The minimum Gasteiger partial charge on any atom is -0.352 e. The number of benzene rings is 1. The first kappa shape index (κ1) is 13.1. The number of nitrogens with one attached hydrogen (secondary N) is 1. The SMILES string of the molecule is Cc1c(Cl)cccc1C(=O)NCCc1ccsc1. The number of hydrogen-bond acceptors (Lipinski definition) is 2. The molecule has 4 heteroatoms. The van der Waals surface area contributed by atoms with Crippen LogP contribution in [0.4, 0.5) is 0 Å². The van der Waals surface area contributed by atoms with Gasteiger partial charge in [-0.25, -0.2) is 0 Å². The predicted molar refractivity (Wildman–Crippen MR) is 76.5 cm³/mol. The number of carbonyl (C=O) groups is 1. The highest BCUT2D eigenvalue weighted by Crippen LogP contribution is 2.18. The average molecular weight is 280 g/mol. The maximum absolute atomic E-state index is 12.0. The molecule has 1 heterocycles. The summed E-state index contributed by atoms with van der Waals surface area (Å²) in [4.78, 5) is 12.0. The molecule has 0 fully saturated rings. The molecule has 2 aromatic rings. The number of rotatable bonds is 4. The highest BCUT2D eigenvalue weighted by molar-refractivity contribution is 7.07. The molecule has 0 aliphatic rings. The Morgan fingerprint density at radius 3 is 2.94 bits per heavy atom. The van der Waals surface area contributed by atoms with E-state index in [1.165, 1.54) is 5.56 Å². The molecule has 1 amide bonds. The quantitative estimate of drug-likeness (QED) is 0.909. The lowest BCUT2D eigenvalue weighted by atomic mass is 10.1. The topological polar surface area (TPSA) is 29.1 Å². The molecule has 94 valence electrons. The molecule has 2 nitrogen and oxygen atoms in total. The zero-order valence-corrected chi connectivity index (χ0v) is 11.6. The summed E-state index contributed by atoms with van der Waals surface area (Å²) in [6.45, 7) is 2.50. The van der Waals surface area contributed by atoms with Crippen LogP contribution in [0.5, 0.6) is 0 Å². The minimum atomic E-state index is -0.0646. The van der Waals surface area contributed by atoms with Crippen molar-refractivity contribution in [2.45, 2.75) is 13.3 Å². The number of thiophene rings is 1.